The van der Waals surface area contributed by atoms with Gasteiger partial charge in [0.25, 0.3) is 0 Å². The molecule has 10 heteroatoms. The molecule has 2 N–H and O–H groups in total. The summed E-state index contributed by atoms with van der Waals surface area (Å²) in [7, 11) is 0. The first-order valence-electron chi connectivity index (χ1n) is 14.0. The number of amides is 2. The van der Waals surface area contributed by atoms with Gasteiger partial charge >= 0.3 is 6.09 Å². The van der Waals surface area contributed by atoms with Crippen LogP contribution in [0.1, 0.15) is 90.0 Å². The topological polar surface area (TPSA) is 108 Å². The minimum absolute atomic E-state index is 0. The van der Waals surface area contributed by atoms with E-state index in [9.17, 15) is 19.6 Å². The Kier molecular flexibility index (Phi) is 12.7. The van der Waals surface area contributed by atoms with Crippen molar-refractivity contribution < 1.29 is 19.1 Å². The molecule has 1 aliphatic heterocycles. The zero-order valence-corrected chi connectivity index (χ0v) is 26.3. The van der Waals surface area contributed by atoms with Crippen molar-refractivity contribution in [2.45, 2.75) is 101 Å². The molecule has 1 saturated heterocycles. The minimum atomic E-state index is -0.706. The summed E-state index contributed by atoms with van der Waals surface area (Å²) in [6.45, 7) is 4.07. The van der Waals surface area contributed by atoms with Gasteiger partial charge in [-0.25, -0.2) is 4.79 Å². The van der Waals surface area contributed by atoms with Crippen LogP contribution in [0, 0.1) is 29.1 Å². The highest BCUT2D eigenvalue weighted by molar-refractivity contribution is 7.59. The van der Waals surface area contributed by atoms with E-state index in [-0.39, 0.29) is 63.2 Å². The highest BCUT2D eigenvalue weighted by atomic mass is 35.5. The van der Waals surface area contributed by atoms with E-state index in [1.165, 1.54) is 6.42 Å². The van der Waals surface area contributed by atoms with Gasteiger partial charge in [0.1, 0.15) is 6.61 Å². The average molecular weight is 610 g/mol. The molecule has 1 heterocycles. The summed E-state index contributed by atoms with van der Waals surface area (Å²) >= 11 is 6.14. The molecule has 3 aliphatic rings. The van der Waals surface area contributed by atoms with E-state index in [2.05, 4.69) is 16.7 Å². The number of halogens is 1. The van der Waals surface area contributed by atoms with E-state index in [4.69, 9.17) is 16.3 Å². The van der Waals surface area contributed by atoms with Crippen LogP contribution < -0.4 is 10.6 Å². The Morgan fingerprint density at radius 3 is 2.50 bits per heavy atom. The molecule has 222 valence electrons. The molecule has 3 fully saturated rings. The van der Waals surface area contributed by atoms with E-state index >= 15 is 0 Å². The summed E-state index contributed by atoms with van der Waals surface area (Å²) in [5.41, 5.74) is 0.436. The van der Waals surface area contributed by atoms with Gasteiger partial charge in [0.05, 0.1) is 18.0 Å². The van der Waals surface area contributed by atoms with Gasteiger partial charge in [-0.05, 0) is 55.7 Å². The van der Waals surface area contributed by atoms with Crippen LogP contribution in [0.25, 0.3) is 0 Å². The fourth-order valence-corrected chi connectivity index (χ4v) is 6.20. The lowest BCUT2D eigenvalue weighted by atomic mass is 9.82. The molecule has 40 heavy (non-hydrogen) atoms. The van der Waals surface area contributed by atoms with E-state index in [0.717, 1.165) is 50.5 Å². The molecular weight excluding hydrogens is 566 g/mol. The quantitative estimate of drug-likeness (QED) is 0.317. The highest BCUT2D eigenvalue weighted by Gasteiger charge is 2.52. The van der Waals surface area contributed by atoms with Crippen LogP contribution >= 0.6 is 38.6 Å². The normalized spacial score (nSPS) is 21.1. The molecule has 1 unspecified atom stereocenters. The number of hydrogen-bond donors (Lipinski definition) is 2. The number of nitrogens with one attached hydrogen (secondary N) is 2. The van der Waals surface area contributed by atoms with Gasteiger partial charge in [-0.3, -0.25) is 9.59 Å². The number of ether oxygens (including phenoxy) is 1. The van der Waals surface area contributed by atoms with Crippen LogP contribution in [0.3, 0.4) is 0 Å². The van der Waals surface area contributed by atoms with Crippen LogP contribution in [-0.4, -0.2) is 36.0 Å². The van der Waals surface area contributed by atoms with Crippen molar-refractivity contribution >= 4 is 56.4 Å². The Morgan fingerprint density at radius 2 is 1.90 bits per heavy atom. The SMILES string of the molecule is CC(C)(COC(=O)N[C@@H](CC1CCCCC1)C(=O)C[C@H](C#N)CC1CC2(CC2)NC1=O)c1cccc(Cl)c1.S.S. The Bertz CT molecular complexity index is 1080. The maximum atomic E-state index is 13.4. The number of ketones is 1. The standard InChI is InChI=1S/C30H40ClN3O4.2H2S/c1-29(2,23-9-6-10-24(31)16-23)19-38-28(37)33-25(14-20-7-4-3-5-8-20)26(35)15-21(18-32)13-22-17-30(11-12-30)34-27(22)36;;/h6,9-10,16,20-22,25H,3-5,7-8,11-15,17,19H2,1-2H3,(H,33,37)(H,34,36);2*1H2/t21-,22?,25+;;/m1../s1. The number of carbonyl (C=O) groups is 3. The number of nitrogens with zero attached hydrogens (tertiary/aromatic N) is 1. The first kappa shape index (κ1) is 34.3. The highest BCUT2D eigenvalue weighted by Crippen LogP contribution is 2.46. The second kappa shape index (κ2) is 14.8. The number of Topliss-reactive ketones (excluding diaryl/α,β-unsaturated/α-hetero) is 1. The molecule has 2 saturated carbocycles. The third kappa shape index (κ3) is 9.32. The fourth-order valence-electron chi connectivity index (χ4n) is 6.01. The molecule has 2 amide bonds. The van der Waals surface area contributed by atoms with Crippen molar-refractivity contribution in [3.8, 4) is 6.07 Å². The number of hydrogen-bond acceptors (Lipinski definition) is 5. The number of alkyl carbamates (subject to hydrolysis) is 1. The molecule has 2 aliphatic carbocycles. The van der Waals surface area contributed by atoms with Crippen LogP contribution in [0.15, 0.2) is 24.3 Å². The molecule has 1 spiro atoms. The summed E-state index contributed by atoms with van der Waals surface area (Å²) in [4.78, 5) is 38.7. The lowest BCUT2D eigenvalue weighted by molar-refractivity contribution is -0.124. The monoisotopic (exact) mass is 609 g/mol. The van der Waals surface area contributed by atoms with E-state index in [1.54, 1.807) is 6.07 Å². The predicted molar refractivity (Wildman–Crippen MR) is 166 cm³/mol. The molecule has 3 atom stereocenters. The zero-order chi connectivity index (χ0) is 27.3. The number of rotatable bonds is 11. The fraction of sp³-hybridized carbons (Fsp3) is 0.667. The van der Waals surface area contributed by atoms with Crippen molar-refractivity contribution in [1.29, 1.82) is 5.26 Å². The molecule has 0 aromatic heterocycles. The summed E-state index contributed by atoms with van der Waals surface area (Å²) in [5, 5.41) is 16.3. The Morgan fingerprint density at radius 1 is 1.20 bits per heavy atom. The Hall–Kier alpha value is -1.89. The summed E-state index contributed by atoms with van der Waals surface area (Å²) in [5.74, 6) is -0.582. The van der Waals surface area contributed by atoms with E-state index < -0.39 is 23.5 Å². The van der Waals surface area contributed by atoms with Gasteiger partial charge in [-0.15, -0.1) is 0 Å². The molecule has 1 aromatic carbocycles. The van der Waals surface area contributed by atoms with E-state index in [0.29, 0.717) is 23.8 Å². The van der Waals surface area contributed by atoms with Gasteiger partial charge < -0.3 is 15.4 Å². The van der Waals surface area contributed by atoms with Gasteiger partial charge in [0.2, 0.25) is 5.91 Å². The summed E-state index contributed by atoms with van der Waals surface area (Å²) in [6.07, 6.45) is 8.59. The van der Waals surface area contributed by atoms with Crippen molar-refractivity contribution in [2.24, 2.45) is 17.8 Å². The maximum Gasteiger partial charge on any atom is 0.407 e. The molecule has 0 radical (unpaired) electrons. The van der Waals surface area contributed by atoms with Gasteiger partial charge in [0.15, 0.2) is 5.78 Å². The van der Waals surface area contributed by atoms with Crippen LogP contribution in [0.4, 0.5) is 4.79 Å². The third-order valence-corrected chi connectivity index (χ3v) is 8.83. The zero-order valence-electron chi connectivity index (χ0n) is 23.6. The number of carbonyl (C=O) groups excluding carboxylic acids is 3. The lowest BCUT2D eigenvalue weighted by Gasteiger charge is -2.28. The molecular formula is C30H44ClN3O4S2. The van der Waals surface area contributed by atoms with Crippen LogP contribution in [-0.2, 0) is 19.7 Å². The number of benzene rings is 1. The molecule has 0 bridgehead atoms. The van der Waals surface area contributed by atoms with Crippen molar-refractivity contribution in [3.63, 3.8) is 0 Å². The Balaban J connectivity index is 0.00000280. The predicted octanol–water partition coefficient (Wildman–Crippen LogP) is 6.07. The third-order valence-electron chi connectivity index (χ3n) is 8.59. The minimum Gasteiger partial charge on any atom is -0.449 e. The van der Waals surface area contributed by atoms with Crippen molar-refractivity contribution in [2.75, 3.05) is 6.61 Å². The first-order chi connectivity index (χ1) is 18.1. The van der Waals surface area contributed by atoms with Gasteiger partial charge in [-0.2, -0.15) is 32.3 Å². The molecule has 4 rings (SSSR count). The van der Waals surface area contributed by atoms with Gasteiger partial charge in [0, 0.05) is 28.3 Å². The van der Waals surface area contributed by atoms with E-state index in [1.807, 2.05) is 32.0 Å². The van der Waals surface area contributed by atoms with Crippen molar-refractivity contribution in [1.82, 2.24) is 10.6 Å². The van der Waals surface area contributed by atoms with Crippen LogP contribution in [0.5, 0.6) is 0 Å². The lowest BCUT2D eigenvalue weighted by Crippen LogP contribution is -2.44. The van der Waals surface area contributed by atoms with Crippen LogP contribution in [0.2, 0.25) is 5.02 Å². The second-order valence-corrected chi connectivity index (χ2v) is 12.7. The summed E-state index contributed by atoms with van der Waals surface area (Å²) < 4.78 is 5.59. The maximum absolute atomic E-state index is 13.4. The average Bonchev–Trinajstić information content (AvgIpc) is 3.57. The van der Waals surface area contributed by atoms with Gasteiger partial charge in [-0.1, -0.05) is 69.7 Å². The number of nitriles is 1. The second-order valence-electron chi connectivity index (χ2n) is 12.3. The van der Waals surface area contributed by atoms with Crippen molar-refractivity contribution in [3.05, 3.63) is 34.9 Å². The smallest absolute Gasteiger partial charge is 0.407 e. The Labute approximate surface area is 257 Å². The molecule has 1 aromatic rings. The first-order valence-corrected chi connectivity index (χ1v) is 14.4. The largest absolute Gasteiger partial charge is 0.449 e. The summed E-state index contributed by atoms with van der Waals surface area (Å²) in [6, 6.07) is 9.01. The molecule has 7 nitrogen and oxygen atoms in total.